The Hall–Kier alpha value is -2.82. The molecule has 0 aliphatic carbocycles. The van der Waals surface area contributed by atoms with Crippen molar-refractivity contribution in [1.82, 2.24) is 0 Å². The normalized spacial score (nSPS) is 10.1. The summed E-state index contributed by atoms with van der Waals surface area (Å²) in [5.74, 6) is -0.394. The molecule has 0 aliphatic rings. The first-order valence-electron chi connectivity index (χ1n) is 7.84. The van der Waals surface area contributed by atoms with Crippen molar-refractivity contribution in [3.8, 4) is 0 Å². The van der Waals surface area contributed by atoms with E-state index in [0.29, 0.717) is 12.1 Å². The van der Waals surface area contributed by atoms with Crippen LogP contribution >= 0.6 is 0 Å². The number of esters is 1. The first-order chi connectivity index (χ1) is 11.5. The van der Waals surface area contributed by atoms with E-state index in [1.807, 2.05) is 38.1 Å². The number of nitrogens with one attached hydrogen (secondary N) is 1. The number of ether oxygens (including phenoxy) is 1. The number of rotatable bonds is 6. The van der Waals surface area contributed by atoms with Crippen LogP contribution in [0.3, 0.4) is 0 Å². The summed E-state index contributed by atoms with van der Waals surface area (Å²) < 4.78 is 4.66. The van der Waals surface area contributed by atoms with Crippen LogP contribution in [0.25, 0.3) is 0 Å². The number of carbonyl (C=O) groups excluding carboxylic acids is 2. The van der Waals surface area contributed by atoms with Crippen molar-refractivity contribution >= 4 is 23.3 Å². The third kappa shape index (κ3) is 4.35. The molecule has 5 nitrogen and oxygen atoms in total. The first kappa shape index (κ1) is 17.5. The molecule has 2 rings (SSSR count). The molecule has 2 aromatic carbocycles. The maximum atomic E-state index is 12.5. The molecule has 5 heteroatoms. The van der Waals surface area contributed by atoms with Crippen molar-refractivity contribution in [2.75, 3.05) is 30.4 Å². The maximum absolute atomic E-state index is 12.5. The van der Waals surface area contributed by atoms with Crippen LogP contribution < -0.4 is 10.2 Å². The van der Waals surface area contributed by atoms with Gasteiger partial charge in [0, 0.05) is 17.9 Å². The van der Waals surface area contributed by atoms with Crippen LogP contribution in [0.15, 0.2) is 48.5 Å². The molecule has 0 aromatic heterocycles. The minimum Gasteiger partial charge on any atom is -0.465 e. The second-order valence-corrected chi connectivity index (χ2v) is 5.40. The zero-order chi connectivity index (χ0) is 17.5. The molecule has 0 spiro atoms. The van der Waals surface area contributed by atoms with Crippen molar-refractivity contribution in [1.29, 1.82) is 0 Å². The van der Waals surface area contributed by atoms with Crippen LogP contribution in [0, 0.1) is 6.92 Å². The lowest BCUT2D eigenvalue weighted by atomic mass is 10.2. The van der Waals surface area contributed by atoms with E-state index >= 15 is 0 Å². The number of hydrogen-bond donors (Lipinski definition) is 1. The quantitative estimate of drug-likeness (QED) is 0.828. The molecule has 0 radical (unpaired) electrons. The fraction of sp³-hybridized carbons (Fsp3) is 0.263. The van der Waals surface area contributed by atoms with Gasteiger partial charge in [0.1, 0.15) is 0 Å². The number of benzene rings is 2. The van der Waals surface area contributed by atoms with Crippen molar-refractivity contribution in [2.45, 2.75) is 13.8 Å². The number of anilines is 2. The summed E-state index contributed by atoms with van der Waals surface area (Å²) in [7, 11) is 1.35. The van der Waals surface area contributed by atoms with E-state index in [1.165, 1.54) is 7.11 Å². The summed E-state index contributed by atoms with van der Waals surface area (Å²) in [4.78, 5) is 25.6. The van der Waals surface area contributed by atoms with E-state index in [4.69, 9.17) is 0 Å². The predicted octanol–water partition coefficient (Wildman–Crippen LogP) is 3.25. The summed E-state index contributed by atoms with van der Waals surface area (Å²) in [6.45, 7) is 4.74. The standard InChI is InChI=1S/C19H22N2O3/c1-4-21(17-7-5-6-14(2)12-17)18(22)13-20-16-10-8-15(9-11-16)19(23)24-3/h5-12,20H,4,13H2,1-3H3. The van der Waals surface area contributed by atoms with Gasteiger partial charge in [-0.25, -0.2) is 4.79 Å². The highest BCUT2D eigenvalue weighted by Gasteiger charge is 2.13. The Morgan fingerprint density at radius 3 is 2.42 bits per heavy atom. The van der Waals surface area contributed by atoms with Gasteiger partial charge in [-0.1, -0.05) is 12.1 Å². The number of nitrogens with zero attached hydrogens (tertiary/aromatic N) is 1. The zero-order valence-electron chi connectivity index (χ0n) is 14.2. The van der Waals surface area contributed by atoms with Gasteiger partial charge < -0.3 is 15.0 Å². The molecule has 0 saturated carbocycles. The van der Waals surface area contributed by atoms with Crippen LogP contribution in [0.2, 0.25) is 0 Å². The van der Waals surface area contributed by atoms with Crippen LogP contribution in [-0.4, -0.2) is 32.1 Å². The molecule has 0 heterocycles. The Labute approximate surface area is 142 Å². The Morgan fingerprint density at radius 2 is 1.83 bits per heavy atom. The number of aryl methyl sites for hydroxylation is 1. The van der Waals surface area contributed by atoms with Gasteiger partial charge in [0.05, 0.1) is 19.2 Å². The highest BCUT2D eigenvalue weighted by atomic mass is 16.5. The van der Waals surface area contributed by atoms with Gasteiger partial charge in [-0.15, -0.1) is 0 Å². The van der Waals surface area contributed by atoms with E-state index in [9.17, 15) is 9.59 Å². The Bertz CT molecular complexity index is 711. The average molecular weight is 326 g/mol. The van der Waals surface area contributed by atoms with E-state index in [-0.39, 0.29) is 18.4 Å². The van der Waals surface area contributed by atoms with E-state index in [2.05, 4.69) is 10.1 Å². The van der Waals surface area contributed by atoms with Gasteiger partial charge >= 0.3 is 5.97 Å². The topological polar surface area (TPSA) is 58.6 Å². The highest BCUT2D eigenvalue weighted by Crippen LogP contribution is 2.16. The SMILES string of the molecule is CCN(C(=O)CNc1ccc(C(=O)OC)cc1)c1cccc(C)c1. The number of hydrogen-bond acceptors (Lipinski definition) is 4. The molecule has 2 aromatic rings. The minimum absolute atomic E-state index is 0.0138. The van der Waals surface area contributed by atoms with Gasteiger partial charge in [-0.3, -0.25) is 4.79 Å². The third-order valence-corrected chi connectivity index (χ3v) is 3.68. The zero-order valence-corrected chi connectivity index (χ0v) is 14.2. The van der Waals surface area contributed by atoms with Gasteiger partial charge in [-0.2, -0.15) is 0 Å². The van der Waals surface area contributed by atoms with Crippen molar-refractivity contribution in [2.24, 2.45) is 0 Å². The lowest BCUT2D eigenvalue weighted by molar-refractivity contribution is -0.116. The Morgan fingerprint density at radius 1 is 1.12 bits per heavy atom. The predicted molar refractivity (Wildman–Crippen MR) is 95.5 cm³/mol. The number of methoxy groups -OCH3 is 1. The number of likely N-dealkylation sites (N-methyl/N-ethyl adjacent to an activating group) is 1. The molecule has 0 bridgehead atoms. The molecular formula is C19H22N2O3. The molecule has 0 atom stereocenters. The van der Waals surface area contributed by atoms with Gasteiger partial charge in [0.25, 0.3) is 0 Å². The summed E-state index contributed by atoms with van der Waals surface area (Å²) in [6, 6.07) is 14.7. The van der Waals surface area contributed by atoms with E-state index in [1.54, 1.807) is 29.2 Å². The first-order valence-corrected chi connectivity index (χ1v) is 7.84. The number of carbonyl (C=O) groups is 2. The van der Waals surface area contributed by atoms with Crippen LogP contribution in [0.4, 0.5) is 11.4 Å². The molecule has 0 unspecified atom stereocenters. The fourth-order valence-electron chi connectivity index (χ4n) is 2.41. The second-order valence-electron chi connectivity index (χ2n) is 5.40. The summed E-state index contributed by atoms with van der Waals surface area (Å²) >= 11 is 0. The molecular weight excluding hydrogens is 304 g/mol. The van der Waals surface area contributed by atoms with Crippen molar-refractivity contribution in [3.63, 3.8) is 0 Å². The average Bonchev–Trinajstić information content (AvgIpc) is 2.60. The third-order valence-electron chi connectivity index (χ3n) is 3.68. The molecule has 1 N–H and O–H groups in total. The lowest BCUT2D eigenvalue weighted by Gasteiger charge is -2.22. The molecule has 0 fully saturated rings. The van der Waals surface area contributed by atoms with E-state index in [0.717, 1.165) is 16.9 Å². The highest BCUT2D eigenvalue weighted by molar-refractivity contribution is 5.96. The largest absolute Gasteiger partial charge is 0.465 e. The van der Waals surface area contributed by atoms with Crippen LogP contribution in [-0.2, 0) is 9.53 Å². The molecule has 0 aliphatic heterocycles. The summed E-state index contributed by atoms with van der Waals surface area (Å²) in [6.07, 6.45) is 0. The lowest BCUT2D eigenvalue weighted by Crippen LogP contribution is -2.35. The van der Waals surface area contributed by atoms with Crippen molar-refractivity contribution in [3.05, 3.63) is 59.7 Å². The minimum atomic E-state index is -0.380. The molecule has 1 amide bonds. The number of amides is 1. The maximum Gasteiger partial charge on any atom is 0.337 e. The van der Waals surface area contributed by atoms with Crippen molar-refractivity contribution < 1.29 is 14.3 Å². The fourth-order valence-corrected chi connectivity index (χ4v) is 2.41. The molecule has 24 heavy (non-hydrogen) atoms. The Kier molecular flexibility index (Phi) is 5.95. The van der Waals surface area contributed by atoms with Crippen LogP contribution in [0.1, 0.15) is 22.8 Å². The monoisotopic (exact) mass is 326 g/mol. The second kappa shape index (κ2) is 8.15. The van der Waals surface area contributed by atoms with Gasteiger partial charge in [0.2, 0.25) is 5.91 Å². The summed E-state index contributed by atoms with van der Waals surface area (Å²) in [5, 5.41) is 3.08. The molecule has 0 saturated heterocycles. The van der Waals surface area contributed by atoms with E-state index < -0.39 is 0 Å². The smallest absolute Gasteiger partial charge is 0.337 e. The molecule has 126 valence electrons. The summed E-state index contributed by atoms with van der Waals surface area (Å²) in [5.41, 5.74) is 3.26. The van der Waals surface area contributed by atoms with Gasteiger partial charge in [0.15, 0.2) is 0 Å². The Balaban J connectivity index is 1.99. The van der Waals surface area contributed by atoms with Crippen LogP contribution in [0.5, 0.6) is 0 Å². The van der Waals surface area contributed by atoms with Gasteiger partial charge in [-0.05, 0) is 55.8 Å².